The predicted octanol–water partition coefficient (Wildman–Crippen LogP) is 8.59. The van der Waals surface area contributed by atoms with Crippen LogP contribution >= 0.6 is 0 Å². The standard InChI is InChI=1S/C33H42O5/c1-19(2)11-8-14-23-30(36)28-25(18-24-27(31(28)37)26(34)17-22(7)29(24)35)33(32(23)38,15-9-12-20(3)4)16-10-13-21(5)6/h11-13,17-18,34-37H,8-10,14-16H2,1-7H3. The van der Waals surface area contributed by atoms with Crippen LogP contribution in [0.25, 0.3) is 16.5 Å². The van der Waals surface area contributed by atoms with Crippen LogP contribution in [0.1, 0.15) is 96.8 Å². The third-order valence-electron chi connectivity index (χ3n) is 7.48. The molecule has 1 aliphatic carbocycles. The van der Waals surface area contributed by atoms with E-state index in [0.29, 0.717) is 55.2 Å². The Kier molecular flexibility index (Phi) is 8.81. The summed E-state index contributed by atoms with van der Waals surface area (Å²) in [7, 11) is 0. The van der Waals surface area contributed by atoms with Crippen molar-refractivity contribution in [2.45, 2.75) is 92.4 Å². The highest BCUT2D eigenvalue weighted by atomic mass is 16.3. The Balaban J connectivity index is 2.42. The first-order valence-corrected chi connectivity index (χ1v) is 13.4. The average molecular weight is 519 g/mol. The number of allylic oxidation sites excluding steroid dienone is 7. The number of fused-ring (bicyclic) bond motifs is 2. The van der Waals surface area contributed by atoms with E-state index in [2.05, 4.69) is 12.2 Å². The molecule has 0 bridgehead atoms. The van der Waals surface area contributed by atoms with Gasteiger partial charge in [0.2, 0.25) is 0 Å². The van der Waals surface area contributed by atoms with Gasteiger partial charge in [-0.2, -0.15) is 0 Å². The molecule has 0 radical (unpaired) electrons. The van der Waals surface area contributed by atoms with E-state index in [4.69, 9.17) is 0 Å². The molecule has 1 aliphatic rings. The topological polar surface area (TPSA) is 98.0 Å². The number of Topliss-reactive ketones (excluding diaryl/α,β-unsaturated/α-hetero) is 1. The molecule has 0 amide bonds. The van der Waals surface area contributed by atoms with Crippen LogP contribution in [-0.4, -0.2) is 26.2 Å². The number of carbonyl (C=O) groups is 1. The SMILES string of the molecule is CC(C)=CCCC1=C(O)c2c(cc3c(O)c(C)cc(O)c3c2O)C(CCC=C(C)C)(CCC=C(C)C)C1=O. The van der Waals surface area contributed by atoms with Crippen LogP contribution in [0.2, 0.25) is 0 Å². The average Bonchev–Trinajstić information content (AvgIpc) is 2.81. The lowest BCUT2D eigenvalue weighted by molar-refractivity contribution is -0.121. The number of benzene rings is 2. The number of hydrogen-bond donors (Lipinski definition) is 4. The third-order valence-corrected chi connectivity index (χ3v) is 7.48. The predicted molar refractivity (Wildman–Crippen MR) is 156 cm³/mol. The van der Waals surface area contributed by atoms with Crippen molar-refractivity contribution >= 4 is 22.3 Å². The van der Waals surface area contributed by atoms with Crippen LogP contribution in [-0.2, 0) is 10.2 Å². The Morgan fingerprint density at radius 3 is 1.84 bits per heavy atom. The van der Waals surface area contributed by atoms with Crippen molar-refractivity contribution in [3.05, 3.63) is 69.3 Å². The molecule has 2 aromatic rings. The number of carbonyl (C=O) groups excluding carboxylic acids is 1. The van der Waals surface area contributed by atoms with Gasteiger partial charge in [-0.15, -0.1) is 0 Å². The molecule has 0 unspecified atom stereocenters. The normalized spacial score (nSPS) is 14.3. The highest BCUT2D eigenvalue weighted by Gasteiger charge is 2.48. The molecule has 0 spiro atoms. The van der Waals surface area contributed by atoms with Gasteiger partial charge in [0.1, 0.15) is 23.0 Å². The second-order valence-corrected chi connectivity index (χ2v) is 11.3. The number of rotatable bonds is 9. The lowest BCUT2D eigenvalue weighted by atomic mass is 9.62. The Morgan fingerprint density at radius 2 is 1.32 bits per heavy atom. The molecule has 3 rings (SSSR count). The van der Waals surface area contributed by atoms with E-state index in [0.717, 1.165) is 16.7 Å². The maximum atomic E-state index is 14.4. The summed E-state index contributed by atoms with van der Waals surface area (Å²) in [6, 6.07) is 3.09. The van der Waals surface area contributed by atoms with Gasteiger partial charge >= 0.3 is 0 Å². The van der Waals surface area contributed by atoms with Crippen molar-refractivity contribution < 1.29 is 25.2 Å². The number of phenolic OH excluding ortho intramolecular Hbond substituents is 3. The molecular weight excluding hydrogens is 476 g/mol. The zero-order valence-corrected chi connectivity index (χ0v) is 23.8. The molecule has 0 heterocycles. The number of aryl methyl sites for hydroxylation is 1. The van der Waals surface area contributed by atoms with E-state index < -0.39 is 5.41 Å². The van der Waals surface area contributed by atoms with Gasteiger partial charge in [-0.1, -0.05) is 34.9 Å². The zero-order valence-electron chi connectivity index (χ0n) is 23.8. The Hall–Kier alpha value is -3.47. The van der Waals surface area contributed by atoms with Crippen LogP contribution in [0.15, 0.2) is 52.7 Å². The first kappa shape index (κ1) is 29.1. The molecule has 0 aromatic heterocycles. The van der Waals surface area contributed by atoms with Gasteiger partial charge in [0.15, 0.2) is 5.78 Å². The van der Waals surface area contributed by atoms with Crippen LogP contribution < -0.4 is 0 Å². The maximum absolute atomic E-state index is 14.4. The van der Waals surface area contributed by atoms with E-state index in [1.165, 1.54) is 6.07 Å². The number of aliphatic hydroxyl groups is 1. The molecular formula is C33H42O5. The van der Waals surface area contributed by atoms with Gasteiger partial charge in [-0.05, 0) is 110 Å². The monoisotopic (exact) mass is 518 g/mol. The Bertz CT molecular complexity index is 1350. The molecule has 0 aliphatic heterocycles. The summed E-state index contributed by atoms with van der Waals surface area (Å²) in [6.07, 6.45) is 9.43. The van der Waals surface area contributed by atoms with Crippen LogP contribution in [0.5, 0.6) is 17.2 Å². The number of aromatic hydroxyl groups is 3. The van der Waals surface area contributed by atoms with Gasteiger partial charge < -0.3 is 20.4 Å². The minimum absolute atomic E-state index is 0.0660. The van der Waals surface area contributed by atoms with E-state index in [1.807, 2.05) is 47.6 Å². The quantitative estimate of drug-likeness (QED) is 0.197. The summed E-state index contributed by atoms with van der Waals surface area (Å²) in [6.45, 7) is 13.7. The summed E-state index contributed by atoms with van der Waals surface area (Å²) in [5, 5.41) is 45.0. The second kappa shape index (κ2) is 11.5. The summed E-state index contributed by atoms with van der Waals surface area (Å²) in [5.41, 5.74) is 3.84. The zero-order chi connectivity index (χ0) is 28.4. The first-order valence-electron chi connectivity index (χ1n) is 13.4. The summed E-state index contributed by atoms with van der Waals surface area (Å²) >= 11 is 0. The molecule has 38 heavy (non-hydrogen) atoms. The van der Waals surface area contributed by atoms with Gasteiger partial charge in [0, 0.05) is 11.0 Å². The minimum atomic E-state index is -1.02. The summed E-state index contributed by atoms with van der Waals surface area (Å²) < 4.78 is 0. The summed E-state index contributed by atoms with van der Waals surface area (Å²) in [5.74, 6) is -0.950. The van der Waals surface area contributed by atoms with Crippen molar-refractivity contribution in [2.75, 3.05) is 0 Å². The molecule has 4 N–H and O–H groups in total. The van der Waals surface area contributed by atoms with Crippen molar-refractivity contribution in [2.24, 2.45) is 0 Å². The van der Waals surface area contributed by atoms with Gasteiger partial charge in [0.25, 0.3) is 0 Å². The smallest absolute Gasteiger partial charge is 0.173 e. The second-order valence-electron chi connectivity index (χ2n) is 11.3. The number of aliphatic hydroxyl groups excluding tert-OH is 1. The molecule has 0 fully saturated rings. The molecule has 5 nitrogen and oxygen atoms in total. The molecule has 5 heteroatoms. The van der Waals surface area contributed by atoms with Gasteiger partial charge in [-0.3, -0.25) is 4.79 Å². The molecule has 2 aromatic carbocycles. The Labute approximate surface area is 226 Å². The van der Waals surface area contributed by atoms with Crippen molar-refractivity contribution in [3.8, 4) is 17.2 Å². The van der Waals surface area contributed by atoms with Gasteiger partial charge in [0.05, 0.1) is 16.4 Å². The largest absolute Gasteiger partial charge is 0.507 e. The highest BCUT2D eigenvalue weighted by Crippen LogP contribution is 2.53. The fourth-order valence-corrected chi connectivity index (χ4v) is 5.53. The lowest BCUT2D eigenvalue weighted by Crippen LogP contribution is -2.41. The molecule has 0 atom stereocenters. The number of ketones is 1. The van der Waals surface area contributed by atoms with E-state index in [-0.39, 0.29) is 45.1 Å². The van der Waals surface area contributed by atoms with Crippen molar-refractivity contribution in [1.29, 1.82) is 0 Å². The van der Waals surface area contributed by atoms with Crippen molar-refractivity contribution in [3.63, 3.8) is 0 Å². The molecule has 204 valence electrons. The van der Waals surface area contributed by atoms with Crippen LogP contribution in [0.4, 0.5) is 0 Å². The molecule has 0 saturated heterocycles. The van der Waals surface area contributed by atoms with Crippen molar-refractivity contribution in [1.82, 2.24) is 0 Å². The van der Waals surface area contributed by atoms with Crippen LogP contribution in [0, 0.1) is 6.92 Å². The number of phenols is 3. The minimum Gasteiger partial charge on any atom is -0.507 e. The Morgan fingerprint density at radius 1 is 0.789 bits per heavy atom. The maximum Gasteiger partial charge on any atom is 0.173 e. The number of hydrogen-bond acceptors (Lipinski definition) is 5. The third kappa shape index (κ3) is 5.52. The van der Waals surface area contributed by atoms with Gasteiger partial charge in [-0.25, -0.2) is 0 Å². The molecule has 0 saturated carbocycles. The van der Waals surface area contributed by atoms with E-state index in [1.54, 1.807) is 13.0 Å². The highest BCUT2D eigenvalue weighted by molar-refractivity contribution is 6.14. The first-order chi connectivity index (χ1) is 17.8. The van der Waals surface area contributed by atoms with E-state index >= 15 is 0 Å². The van der Waals surface area contributed by atoms with E-state index in [9.17, 15) is 25.2 Å². The van der Waals surface area contributed by atoms with Crippen LogP contribution in [0.3, 0.4) is 0 Å². The summed E-state index contributed by atoms with van der Waals surface area (Å²) in [4.78, 5) is 14.4. The fourth-order valence-electron chi connectivity index (χ4n) is 5.53. The fraction of sp³-hybridized carbons (Fsp3) is 0.424. The lowest BCUT2D eigenvalue weighted by Gasteiger charge is -2.39.